The van der Waals surface area contributed by atoms with Gasteiger partial charge in [0.2, 0.25) is 15.9 Å². The van der Waals surface area contributed by atoms with Crippen LogP contribution in [0.3, 0.4) is 0 Å². The van der Waals surface area contributed by atoms with Gasteiger partial charge in [0.15, 0.2) is 0 Å². The quantitative estimate of drug-likeness (QED) is 0.782. The van der Waals surface area contributed by atoms with E-state index in [1.807, 2.05) is 13.8 Å². The summed E-state index contributed by atoms with van der Waals surface area (Å²) in [7, 11) is -3.14. The topological polar surface area (TPSA) is 86.7 Å². The Morgan fingerprint density at radius 3 is 2.33 bits per heavy atom. The molecule has 2 unspecified atom stereocenters. The summed E-state index contributed by atoms with van der Waals surface area (Å²) in [6.45, 7) is 6.37. The number of amides is 1. The molecule has 0 aromatic carbocycles. The zero-order valence-electron chi connectivity index (χ0n) is 13.0. The molecule has 2 N–H and O–H groups in total. The molecule has 1 heterocycles. The van der Waals surface area contributed by atoms with E-state index in [0.717, 1.165) is 0 Å². The lowest BCUT2D eigenvalue weighted by atomic mass is 9.64. The van der Waals surface area contributed by atoms with Crippen molar-refractivity contribution < 1.29 is 18.3 Å². The Hall–Kier alpha value is -0.660. The molecule has 7 heteroatoms. The number of nitrogens with zero attached hydrogens (tertiary/aromatic N) is 1. The van der Waals surface area contributed by atoms with Crippen LogP contribution in [-0.4, -0.2) is 54.7 Å². The third-order valence-corrected chi connectivity index (χ3v) is 7.00. The number of aliphatic hydroxyl groups is 1. The maximum absolute atomic E-state index is 12.3. The molecule has 122 valence electrons. The highest BCUT2D eigenvalue weighted by atomic mass is 32.2. The van der Waals surface area contributed by atoms with Crippen LogP contribution in [0.4, 0.5) is 0 Å². The number of nitrogens with one attached hydrogen (secondary N) is 1. The molecule has 2 aliphatic rings. The second kappa shape index (κ2) is 5.85. The van der Waals surface area contributed by atoms with E-state index in [1.54, 1.807) is 6.92 Å². The minimum Gasteiger partial charge on any atom is -0.392 e. The zero-order chi connectivity index (χ0) is 15.8. The SMILES string of the molecule is CCS(=O)(=O)N1CCC(C(=O)NC2CC(O)C2(C)C)CC1. The third-order valence-electron chi connectivity index (χ3n) is 5.12. The third kappa shape index (κ3) is 3.24. The summed E-state index contributed by atoms with van der Waals surface area (Å²) in [4.78, 5) is 12.3. The van der Waals surface area contributed by atoms with Crippen LogP contribution < -0.4 is 5.32 Å². The number of carbonyl (C=O) groups excluding carboxylic acids is 1. The molecule has 1 aliphatic heterocycles. The summed E-state index contributed by atoms with van der Waals surface area (Å²) in [6, 6.07) is 0.0115. The predicted octanol–water partition coefficient (Wildman–Crippen LogP) is 0.324. The molecule has 1 aliphatic carbocycles. The number of hydrogen-bond acceptors (Lipinski definition) is 4. The molecule has 0 aromatic heterocycles. The van der Waals surface area contributed by atoms with Gasteiger partial charge >= 0.3 is 0 Å². The average Bonchev–Trinajstić information content (AvgIpc) is 2.47. The Balaban J connectivity index is 1.84. The van der Waals surface area contributed by atoms with Crippen LogP contribution in [0.5, 0.6) is 0 Å². The molecule has 2 atom stereocenters. The first kappa shape index (κ1) is 16.7. The van der Waals surface area contributed by atoms with Gasteiger partial charge < -0.3 is 10.4 Å². The van der Waals surface area contributed by atoms with E-state index >= 15 is 0 Å². The van der Waals surface area contributed by atoms with Gasteiger partial charge in [-0.1, -0.05) is 13.8 Å². The van der Waals surface area contributed by atoms with Crippen LogP contribution in [0.2, 0.25) is 0 Å². The first-order chi connectivity index (χ1) is 9.68. The van der Waals surface area contributed by atoms with Gasteiger partial charge in [-0.25, -0.2) is 12.7 Å². The van der Waals surface area contributed by atoms with Crippen LogP contribution in [0.25, 0.3) is 0 Å². The van der Waals surface area contributed by atoms with Crippen molar-refractivity contribution in [1.82, 2.24) is 9.62 Å². The van der Waals surface area contributed by atoms with E-state index in [0.29, 0.717) is 32.4 Å². The second-order valence-corrected chi connectivity index (χ2v) is 8.97. The number of sulfonamides is 1. The lowest BCUT2D eigenvalue weighted by Crippen LogP contribution is -2.62. The Labute approximate surface area is 126 Å². The van der Waals surface area contributed by atoms with Gasteiger partial charge in [-0.15, -0.1) is 0 Å². The molecule has 1 saturated carbocycles. The Kier molecular flexibility index (Phi) is 4.66. The standard InChI is InChI=1S/C14H26N2O4S/c1-4-21(19,20)16-7-5-10(6-8-16)13(18)15-11-9-12(17)14(11,2)3/h10-12,17H,4-9H2,1-3H3,(H,15,18). The zero-order valence-corrected chi connectivity index (χ0v) is 13.8. The van der Waals surface area contributed by atoms with Crippen molar-refractivity contribution in [2.75, 3.05) is 18.8 Å². The molecule has 0 aromatic rings. The molecule has 21 heavy (non-hydrogen) atoms. The van der Waals surface area contributed by atoms with Crippen molar-refractivity contribution in [3.05, 3.63) is 0 Å². The summed E-state index contributed by atoms with van der Waals surface area (Å²) in [5, 5.41) is 12.7. The van der Waals surface area contributed by atoms with Crippen molar-refractivity contribution in [2.24, 2.45) is 11.3 Å². The molecule has 0 radical (unpaired) electrons. The van der Waals surface area contributed by atoms with E-state index in [2.05, 4.69) is 5.32 Å². The second-order valence-electron chi connectivity index (χ2n) is 6.71. The summed E-state index contributed by atoms with van der Waals surface area (Å²) in [5.41, 5.74) is -0.276. The van der Waals surface area contributed by atoms with Crippen LogP contribution in [0, 0.1) is 11.3 Å². The van der Waals surface area contributed by atoms with Crippen LogP contribution in [-0.2, 0) is 14.8 Å². The molecule has 1 saturated heterocycles. The Bertz CT molecular complexity index is 495. The smallest absolute Gasteiger partial charge is 0.223 e. The van der Waals surface area contributed by atoms with Gasteiger partial charge in [-0.05, 0) is 26.2 Å². The molecular formula is C14H26N2O4S. The fraction of sp³-hybridized carbons (Fsp3) is 0.929. The van der Waals surface area contributed by atoms with Gasteiger partial charge in [-0.2, -0.15) is 0 Å². The van der Waals surface area contributed by atoms with E-state index in [9.17, 15) is 18.3 Å². The van der Waals surface area contributed by atoms with Crippen molar-refractivity contribution >= 4 is 15.9 Å². The van der Waals surface area contributed by atoms with E-state index in [-0.39, 0.29) is 35.1 Å². The van der Waals surface area contributed by atoms with Crippen molar-refractivity contribution in [3.63, 3.8) is 0 Å². The summed E-state index contributed by atoms with van der Waals surface area (Å²) < 4.78 is 25.0. The van der Waals surface area contributed by atoms with Crippen LogP contribution in [0.15, 0.2) is 0 Å². The summed E-state index contributed by atoms with van der Waals surface area (Å²) >= 11 is 0. The summed E-state index contributed by atoms with van der Waals surface area (Å²) in [5.74, 6) is -0.0201. The lowest BCUT2D eigenvalue weighted by Gasteiger charge is -2.49. The van der Waals surface area contributed by atoms with E-state index in [4.69, 9.17) is 0 Å². The number of piperidine rings is 1. The molecule has 6 nitrogen and oxygen atoms in total. The van der Waals surface area contributed by atoms with Gasteiger partial charge in [-0.3, -0.25) is 4.79 Å². The molecular weight excluding hydrogens is 292 g/mol. The highest BCUT2D eigenvalue weighted by molar-refractivity contribution is 7.89. The molecule has 2 fully saturated rings. The van der Waals surface area contributed by atoms with Gasteiger partial charge in [0.25, 0.3) is 0 Å². The Morgan fingerprint density at radius 1 is 1.33 bits per heavy atom. The molecule has 0 bridgehead atoms. The highest BCUT2D eigenvalue weighted by Gasteiger charge is 2.48. The monoisotopic (exact) mass is 318 g/mol. The van der Waals surface area contributed by atoms with Crippen molar-refractivity contribution in [2.45, 2.75) is 52.2 Å². The first-order valence-electron chi connectivity index (χ1n) is 7.64. The fourth-order valence-corrected chi connectivity index (χ4v) is 4.15. The number of aliphatic hydroxyl groups excluding tert-OH is 1. The summed E-state index contributed by atoms with van der Waals surface area (Å²) in [6.07, 6.45) is 1.38. The van der Waals surface area contributed by atoms with Crippen LogP contribution in [0.1, 0.15) is 40.0 Å². The number of carbonyl (C=O) groups is 1. The van der Waals surface area contributed by atoms with E-state index < -0.39 is 10.0 Å². The maximum Gasteiger partial charge on any atom is 0.223 e. The molecule has 0 spiro atoms. The largest absolute Gasteiger partial charge is 0.392 e. The maximum atomic E-state index is 12.3. The minimum absolute atomic E-state index is 0.00600. The van der Waals surface area contributed by atoms with Crippen LogP contribution >= 0.6 is 0 Å². The Morgan fingerprint density at radius 2 is 1.90 bits per heavy atom. The van der Waals surface area contributed by atoms with Gasteiger partial charge in [0.05, 0.1) is 11.9 Å². The highest BCUT2D eigenvalue weighted by Crippen LogP contribution is 2.40. The number of hydrogen-bond donors (Lipinski definition) is 2. The fourth-order valence-electron chi connectivity index (χ4n) is 3.02. The van der Waals surface area contributed by atoms with E-state index in [1.165, 1.54) is 4.31 Å². The van der Waals surface area contributed by atoms with Gasteiger partial charge in [0, 0.05) is 30.5 Å². The predicted molar refractivity (Wildman–Crippen MR) is 80.1 cm³/mol. The molecule has 1 amide bonds. The van der Waals surface area contributed by atoms with Crippen molar-refractivity contribution in [3.8, 4) is 0 Å². The van der Waals surface area contributed by atoms with Crippen molar-refractivity contribution in [1.29, 1.82) is 0 Å². The average molecular weight is 318 g/mol. The first-order valence-corrected chi connectivity index (χ1v) is 9.25. The lowest BCUT2D eigenvalue weighted by molar-refractivity contribution is -0.134. The minimum atomic E-state index is -3.14. The number of rotatable bonds is 4. The normalized spacial score (nSPS) is 30.7. The van der Waals surface area contributed by atoms with Gasteiger partial charge in [0.1, 0.15) is 0 Å². The molecule has 2 rings (SSSR count).